The molecule has 0 aliphatic carbocycles. The third kappa shape index (κ3) is 5.35. The average molecular weight is 276 g/mol. The van der Waals surface area contributed by atoms with E-state index < -0.39 is 0 Å². The van der Waals surface area contributed by atoms with Crippen LogP contribution in [0.1, 0.15) is 52.4 Å². The Morgan fingerprint density at radius 3 is 2.80 bits per heavy atom. The number of hydrogen-bond donors (Lipinski definition) is 0. The van der Waals surface area contributed by atoms with Crippen LogP contribution in [0.5, 0.6) is 0 Å². The van der Waals surface area contributed by atoms with Gasteiger partial charge in [-0.25, -0.2) is 0 Å². The first-order valence-electron chi connectivity index (χ1n) is 6.54. The second kappa shape index (κ2) is 7.67. The smallest absolute Gasteiger partial charge is 0.00960 e. The summed E-state index contributed by atoms with van der Waals surface area (Å²) in [6.07, 6.45) is 8.38. The van der Waals surface area contributed by atoms with Gasteiger partial charge in [-0.05, 0) is 57.5 Å². The second-order valence-corrected chi connectivity index (χ2v) is 5.99. The Balaban J connectivity index is 2.15. The highest BCUT2D eigenvalue weighted by Crippen LogP contribution is 2.22. The van der Waals surface area contributed by atoms with E-state index in [1.165, 1.54) is 56.9 Å². The normalized spacial score (nSPS) is 22.8. The quantitative estimate of drug-likeness (QED) is 0.634. The van der Waals surface area contributed by atoms with Crippen LogP contribution in [-0.4, -0.2) is 29.4 Å². The summed E-state index contributed by atoms with van der Waals surface area (Å²) in [5, 5.41) is 1.17. The summed E-state index contributed by atoms with van der Waals surface area (Å²) in [4.78, 5) is 2.73. The first kappa shape index (κ1) is 13.5. The maximum atomic E-state index is 3.53. The first-order valence-corrected chi connectivity index (χ1v) is 7.66. The first-order chi connectivity index (χ1) is 7.24. The number of rotatable bonds is 7. The molecule has 0 N–H and O–H groups in total. The van der Waals surface area contributed by atoms with Gasteiger partial charge in [0.1, 0.15) is 0 Å². The predicted octanol–water partition coefficient (Wildman–Crippen LogP) is 4.06. The fourth-order valence-electron chi connectivity index (χ4n) is 2.53. The van der Waals surface area contributed by atoms with Crippen LogP contribution in [0.25, 0.3) is 0 Å². The molecule has 1 aliphatic heterocycles. The fourth-order valence-corrected chi connectivity index (χ4v) is 2.86. The third-order valence-corrected chi connectivity index (χ3v) is 3.96. The van der Waals surface area contributed by atoms with Gasteiger partial charge in [0.2, 0.25) is 0 Å². The zero-order chi connectivity index (χ0) is 11.1. The van der Waals surface area contributed by atoms with Crippen LogP contribution in [0.15, 0.2) is 0 Å². The van der Waals surface area contributed by atoms with Gasteiger partial charge in [-0.1, -0.05) is 29.8 Å². The van der Waals surface area contributed by atoms with Crippen LogP contribution >= 0.6 is 15.9 Å². The van der Waals surface area contributed by atoms with Crippen LogP contribution in [0.3, 0.4) is 0 Å². The molecule has 1 saturated heterocycles. The Kier molecular flexibility index (Phi) is 6.91. The maximum absolute atomic E-state index is 3.53. The van der Waals surface area contributed by atoms with Gasteiger partial charge in [0, 0.05) is 11.4 Å². The van der Waals surface area contributed by atoms with Crippen LogP contribution in [0.2, 0.25) is 0 Å². The molecule has 0 amide bonds. The Bertz CT molecular complexity index is 159. The molecule has 2 heteroatoms. The Hall–Kier alpha value is 0.440. The topological polar surface area (TPSA) is 3.24 Å². The molecule has 0 spiro atoms. The Morgan fingerprint density at radius 2 is 2.13 bits per heavy atom. The van der Waals surface area contributed by atoms with Crippen LogP contribution < -0.4 is 0 Å². The van der Waals surface area contributed by atoms with Crippen molar-refractivity contribution in [2.24, 2.45) is 5.92 Å². The number of alkyl halides is 1. The van der Waals surface area contributed by atoms with E-state index in [1.54, 1.807) is 0 Å². The van der Waals surface area contributed by atoms with E-state index >= 15 is 0 Å². The van der Waals surface area contributed by atoms with E-state index in [2.05, 4.69) is 34.7 Å². The van der Waals surface area contributed by atoms with Gasteiger partial charge in [-0.2, -0.15) is 0 Å². The van der Waals surface area contributed by atoms with Gasteiger partial charge < -0.3 is 4.90 Å². The van der Waals surface area contributed by atoms with Gasteiger partial charge in [0.25, 0.3) is 0 Å². The molecule has 0 aromatic heterocycles. The molecule has 1 aliphatic rings. The van der Waals surface area contributed by atoms with Crippen molar-refractivity contribution >= 4 is 15.9 Å². The van der Waals surface area contributed by atoms with Crippen molar-refractivity contribution in [3.05, 3.63) is 0 Å². The summed E-state index contributed by atoms with van der Waals surface area (Å²) in [5.74, 6) is 0.869. The summed E-state index contributed by atoms with van der Waals surface area (Å²) in [6, 6.07) is 0.898. The minimum absolute atomic E-state index is 0.869. The lowest BCUT2D eigenvalue weighted by molar-refractivity contribution is 0.234. The van der Waals surface area contributed by atoms with E-state index in [-0.39, 0.29) is 0 Å². The largest absolute Gasteiger partial charge is 0.300 e. The summed E-state index contributed by atoms with van der Waals surface area (Å²) >= 11 is 3.53. The van der Waals surface area contributed by atoms with E-state index in [0.29, 0.717) is 0 Å². The third-order valence-electron chi connectivity index (χ3n) is 3.40. The van der Waals surface area contributed by atoms with Crippen molar-refractivity contribution < 1.29 is 0 Å². The summed E-state index contributed by atoms with van der Waals surface area (Å²) in [7, 11) is 0. The van der Waals surface area contributed by atoms with Gasteiger partial charge in [0.05, 0.1) is 0 Å². The molecule has 0 aromatic rings. The lowest BCUT2D eigenvalue weighted by Crippen LogP contribution is -2.30. The van der Waals surface area contributed by atoms with Crippen molar-refractivity contribution in [2.75, 3.05) is 18.4 Å². The molecule has 1 rings (SSSR count). The lowest BCUT2D eigenvalue weighted by atomic mass is 10.1. The number of nitrogens with zero attached hydrogens (tertiary/aromatic N) is 1. The second-order valence-electron chi connectivity index (χ2n) is 5.20. The Labute approximate surface area is 104 Å². The highest BCUT2D eigenvalue weighted by atomic mass is 79.9. The van der Waals surface area contributed by atoms with E-state index in [4.69, 9.17) is 0 Å². The van der Waals surface area contributed by atoms with E-state index in [9.17, 15) is 0 Å². The molecule has 0 aromatic carbocycles. The molecular formula is C13H26BrN. The Morgan fingerprint density at radius 1 is 1.33 bits per heavy atom. The maximum Gasteiger partial charge on any atom is 0.00960 e. The highest BCUT2D eigenvalue weighted by molar-refractivity contribution is 9.09. The monoisotopic (exact) mass is 275 g/mol. The van der Waals surface area contributed by atoms with Crippen molar-refractivity contribution in [1.82, 2.24) is 4.90 Å². The molecule has 1 unspecified atom stereocenters. The molecular weight excluding hydrogens is 250 g/mol. The molecule has 1 nitrogen and oxygen atoms in total. The van der Waals surface area contributed by atoms with Gasteiger partial charge in [-0.3, -0.25) is 0 Å². The minimum Gasteiger partial charge on any atom is -0.300 e. The zero-order valence-corrected chi connectivity index (χ0v) is 11.9. The molecule has 0 saturated carbocycles. The molecule has 1 atom stereocenters. The molecule has 1 fully saturated rings. The molecule has 0 bridgehead atoms. The van der Waals surface area contributed by atoms with Gasteiger partial charge in [-0.15, -0.1) is 0 Å². The number of likely N-dealkylation sites (tertiary alicyclic amines) is 1. The summed E-state index contributed by atoms with van der Waals surface area (Å²) < 4.78 is 0. The standard InChI is InChI=1S/C13H26BrN/c1-12(2)6-4-10-15-11-5-8-13(15)7-3-9-14/h12-13H,3-11H2,1-2H3. The van der Waals surface area contributed by atoms with Crippen LogP contribution in [0.4, 0.5) is 0 Å². The molecule has 1 heterocycles. The SMILES string of the molecule is CC(C)CCCN1CCCC1CCCBr. The van der Waals surface area contributed by atoms with Crippen molar-refractivity contribution in [2.45, 2.75) is 58.4 Å². The predicted molar refractivity (Wildman–Crippen MR) is 71.7 cm³/mol. The number of hydrogen-bond acceptors (Lipinski definition) is 1. The van der Waals surface area contributed by atoms with E-state index in [1.807, 2.05) is 0 Å². The van der Waals surface area contributed by atoms with Gasteiger partial charge >= 0.3 is 0 Å². The van der Waals surface area contributed by atoms with Crippen molar-refractivity contribution in [1.29, 1.82) is 0 Å². The minimum atomic E-state index is 0.869. The van der Waals surface area contributed by atoms with Crippen molar-refractivity contribution in [3.8, 4) is 0 Å². The zero-order valence-electron chi connectivity index (χ0n) is 10.3. The van der Waals surface area contributed by atoms with Gasteiger partial charge in [0.15, 0.2) is 0 Å². The van der Waals surface area contributed by atoms with Crippen LogP contribution in [-0.2, 0) is 0 Å². The summed E-state index contributed by atoms with van der Waals surface area (Å²) in [5.41, 5.74) is 0. The highest BCUT2D eigenvalue weighted by Gasteiger charge is 2.22. The fraction of sp³-hybridized carbons (Fsp3) is 1.00. The van der Waals surface area contributed by atoms with Crippen molar-refractivity contribution in [3.63, 3.8) is 0 Å². The molecule has 15 heavy (non-hydrogen) atoms. The average Bonchev–Trinajstić information content (AvgIpc) is 2.62. The molecule has 90 valence electrons. The lowest BCUT2D eigenvalue weighted by Gasteiger charge is -2.24. The van der Waals surface area contributed by atoms with Crippen LogP contribution in [0, 0.1) is 5.92 Å². The summed E-state index contributed by atoms with van der Waals surface area (Å²) in [6.45, 7) is 7.34. The number of halogens is 1. The molecule has 0 radical (unpaired) electrons. The van der Waals surface area contributed by atoms with E-state index in [0.717, 1.165) is 12.0 Å².